The van der Waals surface area contributed by atoms with Gasteiger partial charge in [-0.3, -0.25) is 4.98 Å². The normalized spacial score (nSPS) is 12.6. The van der Waals surface area contributed by atoms with Gasteiger partial charge in [-0.05, 0) is 135 Å². The molecule has 0 amide bonds. The lowest BCUT2D eigenvalue weighted by Gasteiger charge is -2.30. The second-order valence-electron chi connectivity index (χ2n) is 16.5. The lowest BCUT2D eigenvalue weighted by atomic mass is 9.82. The van der Waals surface area contributed by atoms with Gasteiger partial charge in [0.2, 0.25) is 0 Å². The summed E-state index contributed by atoms with van der Waals surface area (Å²) >= 11 is 0. The monoisotopic (exact) mass is 781 g/mol. The molecule has 1 aliphatic carbocycles. The molecule has 0 bridgehead atoms. The number of pyridine rings is 1. The van der Waals surface area contributed by atoms with Gasteiger partial charge in [-0.1, -0.05) is 147 Å². The zero-order valence-electron chi connectivity index (χ0n) is 34.2. The average Bonchev–Trinajstić information content (AvgIpc) is 3.55. The minimum atomic E-state index is -0.0846. The fourth-order valence-electron chi connectivity index (χ4n) is 9.38. The van der Waals surface area contributed by atoms with Crippen molar-refractivity contribution in [2.24, 2.45) is 0 Å². The smallest absolute Gasteiger partial charge is 0.0708 e. The molecule has 0 saturated heterocycles. The summed E-state index contributed by atoms with van der Waals surface area (Å²) in [6, 6.07) is 79.3. The summed E-state index contributed by atoms with van der Waals surface area (Å²) in [5, 5.41) is 3.50. The van der Waals surface area contributed by atoms with E-state index in [0.717, 1.165) is 56.2 Å². The summed E-state index contributed by atoms with van der Waals surface area (Å²) in [5.74, 6) is 0. The molecule has 290 valence electrons. The predicted octanol–water partition coefficient (Wildman–Crippen LogP) is 16.0. The molecular formula is C58H43N3. The van der Waals surface area contributed by atoms with Crippen LogP contribution in [-0.2, 0) is 5.41 Å². The molecule has 9 aromatic carbocycles. The number of benzene rings is 9. The maximum Gasteiger partial charge on any atom is 0.0708 e. The van der Waals surface area contributed by atoms with Crippen molar-refractivity contribution in [3.8, 4) is 33.4 Å². The molecule has 0 spiro atoms. The molecule has 11 rings (SSSR count). The number of fused-ring (bicyclic) bond motifs is 5. The van der Waals surface area contributed by atoms with Gasteiger partial charge < -0.3 is 9.80 Å². The third-order valence-corrected chi connectivity index (χ3v) is 12.5. The first-order valence-electron chi connectivity index (χ1n) is 21.0. The largest absolute Gasteiger partial charge is 0.310 e. The first kappa shape index (κ1) is 36.3. The lowest BCUT2D eigenvalue weighted by Crippen LogP contribution is -2.15. The summed E-state index contributed by atoms with van der Waals surface area (Å²) in [6.07, 6.45) is 1.87. The van der Waals surface area contributed by atoms with E-state index in [2.05, 4.69) is 241 Å². The molecule has 0 radical (unpaired) electrons. The molecule has 1 heterocycles. The van der Waals surface area contributed by atoms with E-state index in [4.69, 9.17) is 0 Å². The molecule has 61 heavy (non-hydrogen) atoms. The van der Waals surface area contributed by atoms with Crippen LogP contribution >= 0.6 is 0 Å². The third-order valence-electron chi connectivity index (χ3n) is 12.5. The van der Waals surface area contributed by atoms with E-state index in [1.165, 1.54) is 44.2 Å². The zero-order valence-corrected chi connectivity index (χ0v) is 34.2. The van der Waals surface area contributed by atoms with Crippen molar-refractivity contribution in [2.45, 2.75) is 19.3 Å². The topological polar surface area (TPSA) is 19.4 Å². The Balaban J connectivity index is 1.07. The van der Waals surface area contributed by atoms with Gasteiger partial charge in [0.1, 0.15) is 0 Å². The van der Waals surface area contributed by atoms with Crippen LogP contribution in [0, 0.1) is 0 Å². The summed E-state index contributed by atoms with van der Waals surface area (Å²) in [4.78, 5) is 9.46. The van der Waals surface area contributed by atoms with Crippen LogP contribution in [0.2, 0.25) is 0 Å². The molecule has 0 saturated carbocycles. The van der Waals surface area contributed by atoms with E-state index in [1.54, 1.807) is 0 Å². The Bertz CT molecular complexity index is 3220. The highest BCUT2D eigenvalue weighted by Gasteiger charge is 2.35. The average molecular weight is 782 g/mol. The molecule has 0 unspecified atom stereocenters. The predicted molar refractivity (Wildman–Crippen MR) is 257 cm³/mol. The first-order valence-corrected chi connectivity index (χ1v) is 21.0. The van der Waals surface area contributed by atoms with Gasteiger partial charge in [0.15, 0.2) is 0 Å². The molecule has 0 aliphatic heterocycles. The quantitative estimate of drug-likeness (QED) is 0.153. The maximum absolute atomic E-state index is 4.67. The van der Waals surface area contributed by atoms with Crippen LogP contribution in [0.3, 0.4) is 0 Å². The van der Waals surface area contributed by atoms with Gasteiger partial charge in [-0.15, -0.1) is 0 Å². The first-order chi connectivity index (χ1) is 30.0. The molecule has 1 aliphatic rings. The second kappa shape index (κ2) is 14.8. The van der Waals surface area contributed by atoms with Crippen molar-refractivity contribution >= 4 is 55.8 Å². The van der Waals surface area contributed by atoms with Crippen LogP contribution in [0.15, 0.2) is 225 Å². The minimum Gasteiger partial charge on any atom is -0.310 e. The summed E-state index contributed by atoms with van der Waals surface area (Å²) < 4.78 is 0. The van der Waals surface area contributed by atoms with E-state index in [-0.39, 0.29) is 5.41 Å². The molecule has 1 aromatic heterocycles. The Morgan fingerprint density at radius 1 is 0.361 bits per heavy atom. The number of hydrogen-bond acceptors (Lipinski definition) is 3. The van der Waals surface area contributed by atoms with Gasteiger partial charge in [0.05, 0.1) is 11.2 Å². The van der Waals surface area contributed by atoms with Crippen LogP contribution in [0.4, 0.5) is 34.1 Å². The van der Waals surface area contributed by atoms with Gasteiger partial charge in [-0.2, -0.15) is 0 Å². The van der Waals surface area contributed by atoms with Crippen molar-refractivity contribution in [3.63, 3.8) is 0 Å². The van der Waals surface area contributed by atoms with E-state index in [0.29, 0.717) is 0 Å². The van der Waals surface area contributed by atoms with Crippen molar-refractivity contribution in [1.29, 1.82) is 0 Å². The van der Waals surface area contributed by atoms with Crippen LogP contribution in [0.1, 0.15) is 25.0 Å². The van der Waals surface area contributed by atoms with E-state index >= 15 is 0 Å². The molecule has 10 aromatic rings. The number of rotatable bonds is 8. The fourth-order valence-corrected chi connectivity index (χ4v) is 9.38. The molecule has 0 atom stereocenters. The van der Waals surface area contributed by atoms with E-state index in [1.807, 2.05) is 12.3 Å². The Kier molecular flexibility index (Phi) is 8.82. The SMILES string of the molecule is CC1(C)c2ccccc2-c2cc(N(c3ccc(N(c4ccccc4)c4cccc(-c5ccccc5)c4)cc3)c3cccc4ccc(-c5ccc6cccnc6c5)cc34)ccc21. The summed E-state index contributed by atoms with van der Waals surface area (Å²) in [6.45, 7) is 4.69. The van der Waals surface area contributed by atoms with Crippen LogP contribution in [0.5, 0.6) is 0 Å². The van der Waals surface area contributed by atoms with Gasteiger partial charge in [0, 0.05) is 50.8 Å². The molecular weight excluding hydrogens is 739 g/mol. The highest BCUT2D eigenvalue weighted by molar-refractivity contribution is 6.02. The Morgan fingerprint density at radius 3 is 1.75 bits per heavy atom. The van der Waals surface area contributed by atoms with Gasteiger partial charge in [-0.25, -0.2) is 0 Å². The Labute approximate surface area is 357 Å². The highest BCUT2D eigenvalue weighted by atomic mass is 15.2. The van der Waals surface area contributed by atoms with Crippen LogP contribution in [0.25, 0.3) is 55.1 Å². The minimum absolute atomic E-state index is 0.0846. The maximum atomic E-state index is 4.67. The molecule has 0 N–H and O–H groups in total. The van der Waals surface area contributed by atoms with Crippen molar-refractivity contribution in [1.82, 2.24) is 4.98 Å². The lowest BCUT2D eigenvalue weighted by molar-refractivity contribution is 0.660. The molecule has 3 heteroatoms. The summed E-state index contributed by atoms with van der Waals surface area (Å²) in [5.41, 5.74) is 17.5. The number of hydrogen-bond donors (Lipinski definition) is 0. The Morgan fingerprint density at radius 2 is 0.934 bits per heavy atom. The zero-order chi connectivity index (χ0) is 40.9. The van der Waals surface area contributed by atoms with Crippen LogP contribution in [-0.4, -0.2) is 4.98 Å². The fraction of sp³-hybridized carbons (Fsp3) is 0.0517. The highest BCUT2D eigenvalue weighted by Crippen LogP contribution is 2.51. The van der Waals surface area contributed by atoms with Crippen molar-refractivity contribution < 1.29 is 0 Å². The molecule has 3 nitrogen and oxygen atoms in total. The number of nitrogens with zero attached hydrogens (tertiary/aromatic N) is 3. The number of aromatic nitrogens is 1. The van der Waals surface area contributed by atoms with Crippen molar-refractivity contribution in [2.75, 3.05) is 9.80 Å². The number of anilines is 6. The van der Waals surface area contributed by atoms with E-state index < -0.39 is 0 Å². The van der Waals surface area contributed by atoms with Crippen molar-refractivity contribution in [3.05, 3.63) is 236 Å². The third kappa shape index (κ3) is 6.43. The summed E-state index contributed by atoms with van der Waals surface area (Å²) in [7, 11) is 0. The standard InChI is InChI=1S/C58H43N3/c1-58(2)54-23-10-9-22-51(54)53-39-50(33-34-55(53)58)61(57-24-12-16-41-25-27-44(37-52(41)57)45-28-26-42-18-13-35-59-56(42)38-45)48-31-29-47(30-32-48)60(46-19-7-4-8-20-46)49-21-11-17-43(36-49)40-14-5-3-6-15-40/h3-39H,1-2H3. The van der Waals surface area contributed by atoms with Crippen LogP contribution < -0.4 is 9.80 Å². The van der Waals surface area contributed by atoms with Gasteiger partial charge >= 0.3 is 0 Å². The van der Waals surface area contributed by atoms with E-state index in [9.17, 15) is 0 Å². The second-order valence-corrected chi connectivity index (χ2v) is 16.5. The number of para-hydroxylation sites is 1. The van der Waals surface area contributed by atoms with Gasteiger partial charge in [0.25, 0.3) is 0 Å². The Hall–Kier alpha value is -7.75. The molecule has 0 fully saturated rings.